The van der Waals surface area contributed by atoms with Gasteiger partial charge in [-0.15, -0.1) is 0 Å². The first-order valence-electron chi connectivity index (χ1n) is 6.16. The Bertz CT molecular complexity index is 316. The van der Waals surface area contributed by atoms with Gasteiger partial charge in [0.15, 0.2) is 0 Å². The zero-order valence-electron chi connectivity index (χ0n) is 11.2. The molecule has 0 aromatic heterocycles. The van der Waals surface area contributed by atoms with Gasteiger partial charge in [-0.2, -0.15) is 0 Å². The predicted molar refractivity (Wildman–Crippen MR) is 71.5 cm³/mol. The highest BCUT2D eigenvalue weighted by Crippen LogP contribution is 2.25. The molecular formula is C15H25N. The van der Waals surface area contributed by atoms with E-state index >= 15 is 0 Å². The Morgan fingerprint density at radius 1 is 1.06 bits per heavy atom. The summed E-state index contributed by atoms with van der Waals surface area (Å²) in [5, 5.41) is 0. The molecule has 1 nitrogen and oxygen atoms in total. The summed E-state index contributed by atoms with van der Waals surface area (Å²) in [6.45, 7) is 11.1. The monoisotopic (exact) mass is 219 g/mol. The molecule has 0 amide bonds. The van der Waals surface area contributed by atoms with E-state index in [-0.39, 0.29) is 11.5 Å². The molecule has 1 heteroatoms. The van der Waals surface area contributed by atoms with Gasteiger partial charge in [-0.3, -0.25) is 0 Å². The van der Waals surface area contributed by atoms with Gasteiger partial charge in [0.2, 0.25) is 0 Å². The average Bonchev–Trinajstić information content (AvgIpc) is 2.15. The van der Waals surface area contributed by atoms with Crippen LogP contribution in [0.1, 0.15) is 58.2 Å². The SMILES string of the molecule is CC(C)C[C@@H](N)c1ccc(C(C)(C)C)cc1. The largest absolute Gasteiger partial charge is 0.324 e. The molecule has 16 heavy (non-hydrogen) atoms. The van der Waals surface area contributed by atoms with Crippen molar-refractivity contribution >= 4 is 0 Å². The molecule has 0 radical (unpaired) electrons. The molecule has 0 aliphatic carbocycles. The van der Waals surface area contributed by atoms with Crippen LogP contribution in [-0.2, 0) is 5.41 Å². The number of rotatable bonds is 3. The van der Waals surface area contributed by atoms with Gasteiger partial charge in [0, 0.05) is 6.04 Å². The van der Waals surface area contributed by atoms with Crippen LogP contribution < -0.4 is 5.73 Å². The molecule has 0 aliphatic heterocycles. The zero-order valence-corrected chi connectivity index (χ0v) is 11.2. The lowest BCUT2D eigenvalue weighted by Crippen LogP contribution is -2.14. The van der Waals surface area contributed by atoms with Crippen molar-refractivity contribution in [3.05, 3.63) is 35.4 Å². The second-order valence-electron chi connectivity index (χ2n) is 6.11. The summed E-state index contributed by atoms with van der Waals surface area (Å²) < 4.78 is 0. The maximum atomic E-state index is 6.16. The standard InChI is InChI=1S/C15H25N/c1-11(2)10-14(16)12-6-8-13(9-7-12)15(3,4)5/h6-9,11,14H,10,16H2,1-5H3/t14-/m1/s1. The van der Waals surface area contributed by atoms with E-state index in [2.05, 4.69) is 58.9 Å². The highest BCUT2D eigenvalue weighted by atomic mass is 14.6. The lowest BCUT2D eigenvalue weighted by atomic mass is 9.86. The second-order valence-corrected chi connectivity index (χ2v) is 6.11. The minimum atomic E-state index is 0.175. The maximum Gasteiger partial charge on any atom is 0.0297 e. The molecule has 1 rings (SSSR count). The fourth-order valence-electron chi connectivity index (χ4n) is 1.87. The molecule has 0 saturated heterocycles. The Morgan fingerprint density at radius 3 is 1.94 bits per heavy atom. The topological polar surface area (TPSA) is 26.0 Å². The van der Waals surface area contributed by atoms with E-state index in [9.17, 15) is 0 Å². The summed E-state index contributed by atoms with van der Waals surface area (Å²) in [7, 11) is 0. The summed E-state index contributed by atoms with van der Waals surface area (Å²) >= 11 is 0. The van der Waals surface area contributed by atoms with Gasteiger partial charge >= 0.3 is 0 Å². The van der Waals surface area contributed by atoms with E-state index in [1.807, 2.05) is 0 Å². The molecule has 1 aromatic carbocycles. The van der Waals surface area contributed by atoms with Crippen LogP contribution in [0.3, 0.4) is 0 Å². The van der Waals surface area contributed by atoms with Crippen LogP contribution in [0.4, 0.5) is 0 Å². The fraction of sp³-hybridized carbons (Fsp3) is 0.600. The Kier molecular flexibility index (Phi) is 4.15. The Labute approximate surface area is 100 Å². The summed E-state index contributed by atoms with van der Waals surface area (Å²) in [6.07, 6.45) is 1.05. The second kappa shape index (κ2) is 5.01. The average molecular weight is 219 g/mol. The summed E-state index contributed by atoms with van der Waals surface area (Å²) in [5.74, 6) is 0.650. The zero-order chi connectivity index (χ0) is 12.3. The Morgan fingerprint density at radius 2 is 1.56 bits per heavy atom. The molecule has 0 saturated carbocycles. The molecule has 1 atom stereocenters. The lowest BCUT2D eigenvalue weighted by molar-refractivity contribution is 0.509. The van der Waals surface area contributed by atoms with Crippen LogP contribution in [0.15, 0.2) is 24.3 Å². The lowest BCUT2D eigenvalue weighted by Gasteiger charge is -2.20. The van der Waals surface area contributed by atoms with E-state index in [1.165, 1.54) is 11.1 Å². The molecule has 0 heterocycles. The van der Waals surface area contributed by atoms with Crippen LogP contribution in [0.25, 0.3) is 0 Å². The van der Waals surface area contributed by atoms with Crippen molar-refractivity contribution in [3.8, 4) is 0 Å². The molecule has 1 aromatic rings. The van der Waals surface area contributed by atoms with Crippen molar-refractivity contribution in [1.82, 2.24) is 0 Å². The number of nitrogens with two attached hydrogens (primary N) is 1. The third-order valence-corrected chi connectivity index (χ3v) is 2.93. The van der Waals surface area contributed by atoms with Crippen LogP contribution in [0, 0.1) is 5.92 Å². The maximum absolute atomic E-state index is 6.16. The highest BCUT2D eigenvalue weighted by Gasteiger charge is 2.14. The van der Waals surface area contributed by atoms with Crippen molar-refractivity contribution in [2.45, 2.75) is 52.5 Å². The predicted octanol–water partition coefficient (Wildman–Crippen LogP) is 4.03. The normalized spacial score (nSPS) is 14.2. The molecule has 0 aliphatic rings. The third-order valence-electron chi connectivity index (χ3n) is 2.93. The van der Waals surface area contributed by atoms with Crippen LogP contribution in [0.2, 0.25) is 0 Å². The number of hydrogen-bond donors (Lipinski definition) is 1. The van der Waals surface area contributed by atoms with E-state index < -0.39 is 0 Å². The first-order valence-corrected chi connectivity index (χ1v) is 6.16. The number of benzene rings is 1. The molecule has 0 unspecified atom stereocenters. The minimum Gasteiger partial charge on any atom is -0.324 e. The van der Waals surface area contributed by atoms with Gasteiger partial charge in [-0.25, -0.2) is 0 Å². The summed E-state index contributed by atoms with van der Waals surface area (Å²) in [6, 6.07) is 8.93. The molecule has 0 fully saturated rings. The van der Waals surface area contributed by atoms with E-state index in [0.29, 0.717) is 5.92 Å². The van der Waals surface area contributed by atoms with Crippen molar-refractivity contribution in [2.75, 3.05) is 0 Å². The molecule has 2 N–H and O–H groups in total. The van der Waals surface area contributed by atoms with Gasteiger partial charge in [0.05, 0.1) is 0 Å². The smallest absolute Gasteiger partial charge is 0.0297 e. The van der Waals surface area contributed by atoms with Gasteiger partial charge in [-0.05, 0) is 28.9 Å². The molecular weight excluding hydrogens is 194 g/mol. The number of hydrogen-bond acceptors (Lipinski definition) is 1. The molecule has 90 valence electrons. The highest BCUT2D eigenvalue weighted by molar-refractivity contribution is 5.29. The van der Waals surface area contributed by atoms with E-state index in [0.717, 1.165) is 6.42 Å². The fourth-order valence-corrected chi connectivity index (χ4v) is 1.87. The molecule has 0 spiro atoms. The first-order chi connectivity index (χ1) is 7.30. The van der Waals surface area contributed by atoms with Crippen LogP contribution >= 0.6 is 0 Å². The van der Waals surface area contributed by atoms with E-state index in [4.69, 9.17) is 5.73 Å². The van der Waals surface area contributed by atoms with Crippen molar-refractivity contribution in [3.63, 3.8) is 0 Å². The first kappa shape index (κ1) is 13.2. The van der Waals surface area contributed by atoms with Crippen molar-refractivity contribution < 1.29 is 0 Å². The summed E-state index contributed by atoms with van der Waals surface area (Å²) in [4.78, 5) is 0. The van der Waals surface area contributed by atoms with Gasteiger partial charge in [0.1, 0.15) is 0 Å². The Balaban J connectivity index is 2.79. The van der Waals surface area contributed by atoms with Gasteiger partial charge in [-0.1, -0.05) is 58.9 Å². The summed E-state index contributed by atoms with van der Waals surface area (Å²) in [5.41, 5.74) is 9.00. The molecule has 0 bridgehead atoms. The minimum absolute atomic E-state index is 0.175. The Hall–Kier alpha value is -0.820. The quantitative estimate of drug-likeness (QED) is 0.816. The van der Waals surface area contributed by atoms with Gasteiger partial charge < -0.3 is 5.73 Å². The van der Waals surface area contributed by atoms with Crippen LogP contribution in [-0.4, -0.2) is 0 Å². The van der Waals surface area contributed by atoms with Crippen LogP contribution in [0.5, 0.6) is 0 Å². The van der Waals surface area contributed by atoms with Crippen molar-refractivity contribution in [1.29, 1.82) is 0 Å². The van der Waals surface area contributed by atoms with Crippen molar-refractivity contribution in [2.24, 2.45) is 11.7 Å². The van der Waals surface area contributed by atoms with E-state index in [1.54, 1.807) is 0 Å². The van der Waals surface area contributed by atoms with Gasteiger partial charge in [0.25, 0.3) is 0 Å². The third kappa shape index (κ3) is 3.64.